The molecule has 8 nitrogen and oxygen atoms in total. The standard InChI is InChI=1S/C28H27N3O5S/c1-17-16-30(28(33)24-15-22-23(29-24)6-5-7-27(22)36-3)26-14-20(10-13-25(26)31(17)18(2)32)19-8-11-21(12-9-19)37(4,34)35/h5-15,17,29H,16H2,1-4H3/t17-/m0/s1. The fourth-order valence-corrected chi connectivity index (χ4v) is 5.57. The molecule has 0 saturated heterocycles. The number of fused-ring (bicyclic) bond motifs is 2. The average molecular weight is 518 g/mol. The lowest BCUT2D eigenvalue weighted by Crippen LogP contribution is -2.51. The zero-order chi connectivity index (χ0) is 26.5. The minimum absolute atomic E-state index is 0.110. The van der Waals surface area contributed by atoms with Crippen LogP contribution in [0.25, 0.3) is 22.0 Å². The molecule has 0 saturated carbocycles. The van der Waals surface area contributed by atoms with Crippen LogP contribution in [0.1, 0.15) is 24.3 Å². The lowest BCUT2D eigenvalue weighted by Gasteiger charge is -2.40. The van der Waals surface area contributed by atoms with E-state index in [9.17, 15) is 18.0 Å². The van der Waals surface area contributed by atoms with Crippen molar-refractivity contribution < 1.29 is 22.7 Å². The second kappa shape index (κ2) is 9.08. The van der Waals surface area contributed by atoms with Crippen LogP contribution in [0, 0.1) is 0 Å². The smallest absolute Gasteiger partial charge is 0.274 e. The maximum absolute atomic E-state index is 13.8. The number of hydrogen-bond acceptors (Lipinski definition) is 5. The molecule has 0 bridgehead atoms. The second-order valence-electron chi connectivity index (χ2n) is 9.26. The van der Waals surface area contributed by atoms with Crippen LogP contribution in [0.3, 0.4) is 0 Å². The molecule has 1 aliphatic rings. The van der Waals surface area contributed by atoms with E-state index in [1.165, 1.54) is 13.2 Å². The van der Waals surface area contributed by atoms with E-state index in [0.717, 1.165) is 22.0 Å². The molecule has 2 amide bonds. The van der Waals surface area contributed by atoms with Gasteiger partial charge < -0.3 is 19.5 Å². The van der Waals surface area contributed by atoms with E-state index < -0.39 is 9.84 Å². The lowest BCUT2D eigenvalue weighted by atomic mass is 10.0. The van der Waals surface area contributed by atoms with E-state index >= 15 is 0 Å². The average Bonchev–Trinajstić information content (AvgIpc) is 3.31. The van der Waals surface area contributed by atoms with E-state index in [1.54, 1.807) is 47.2 Å². The molecule has 1 atom stereocenters. The summed E-state index contributed by atoms with van der Waals surface area (Å²) < 4.78 is 29.2. The fraction of sp³-hybridized carbons (Fsp3) is 0.214. The van der Waals surface area contributed by atoms with Gasteiger partial charge in [-0.25, -0.2) is 8.42 Å². The van der Waals surface area contributed by atoms with Gasteiger partial charge in [0.2, 0.25) is 5.91 Å². The van der Waals surface area contributed by atoms with E-state index in [2.05, 4.69) is 4.98 Å². The first-order chi connectivity index (χ1) is 17.6. The van der Waals surface area contributed by atoms with Crippen LogP contribution in [0.5, 0.6) is 5.75 Å². The predicted molar refractivity (Wildman–Crippen MR) is 144 cm³/mol. The molecule has 0 aliphatic carbocycles. The van der Waals surface area contributed by atoms with Gasteiger partial charge in [0.25, 0.3) is 5.91 Å². The van der Waals surface area contributed by atoms with Crippen molar-refractivity contribution in [3.63, 3.8) is 0 Å². The molecule has 190 valence electrons. The van der Waals surface area contributed by atoms with Gasteiger partial charge in [0.1, 0.15) is 11.4 Å². The molecule has 9 heteroatoms. The van der Waals surface area contributed by atoms with Gasteiger partial charge >= 0.3 is 0 Å². The topological polar surface area (TPSA) is 99.8 Å². The number of benzene rings is 3. The highest BCUT2D eigenvalue weighted by Crippen LogP contribution is 2.40. The van der Waals surface area contributed by atoms with Gasteiger partial charge in [-0.2, -0.15) is 0 Å². The molecule has 0 spiro atoms. The molecule has 0 fully saturated rings. The Bertz CT molecular complexity index is 1640. The monoisotopic (exact) mass is 517 g/mol. The number of amides is 2. The maximum Gasteiger partial charge on any atom is 0.274 e. The first-order valence-electron chi connectivity index (χ1n) is 11.8. The zero-order valence-electron chi connectivity index (χ0n) is 21.0. The normalized spacial score (nSPS) is 15.5. The molecule has 2 heterocycles. The molecule has 1 aromatic heterocycles. The highest BCUT2D eigenvalue weighted by Gasteiger charge is 2.34. The quantitative estimate of drug-likeness (QED) is 0.425. The molecular formula is C28H27N3O5S. The van der Waals surface area contributed by atoms with Gasteiger partial charge in [-0.15, -0.1) is 0 Å². The minimum atomic E-state index is -3.32. The number of carbonyl (C=O) groups excluding carboxylic acids is 2. The van der Waals surface area contributed by atoms with Crippen LogP contribution >= 0.6 is 0 Å². The summed E-state index contributed by atoms with van der Waals surface area (Å²) in [6.07, 6.45) is 1.17. The third kappa shape index (κ3) is 4.35. The largest absolute Gasteiger partial charge is 0.496 e. The van der Waals surface area contributed by atoms with Crippen LogP contribution in [0.2, 0.25) is 0 Å². The third-order valence-electron chi connectivity index (χ3n) is 6.69. The number of hydrogen-bond donors (Lipinski definition) is 1. The highest BCUT2D eigenvalue weighted by atomic mass is 32.2. The van der Waals surface area contributed by atoms with Gasteiger partial charge in [0.15, 0.2) is 9.84 Å². The van der Waals surface area contributed by atoms with Crippen LogP contribution in [0.4, 0.5) is 11.4 Å². The van der Waals surface area contributed by atoms with Crippen molar-refractivity contribution in [1.82, 2.24) is 4.98 Å². The Morgan fingerprint density at radius 1 is 0.973 bits per heavy atom. The molecule has 1 aliphatic heterocycles. The van der Waals surface area contributed by atoms with Crippen molar-refractivity contribution >= 4 is 43.9 Å². The number of methoxy groups -OCH3 is 1. The molecule has 3 aromatic carbocycles. The predicted octanol–water partition coefficient (Wildman–Crippen LogP) is 4.65. The Morgan fingerprint density at radius 2 is 1.68 bits per heavy atom. The Morgan fingerprint density at radius 3 is 2.32 bits per heavy atom. The van der Waals surface area contributed by atoms with E-state index in [1.807, 2.05) is 43.3 Å². The SMILES string of the molecule is COc1cccc2[nH]c(C(=O)N3C[C@H](C)N(C(C)=O)c4ccc(-c5ccc(S(C)(=O)=O)cc5)cc43)cc12. The first-order valence-corrected chi connectivity index (χ1v) is 13.7. The van der Waals surface area contributed by atoms with E-state index in [-0.39, 0.29) is 22.8 Å². The van der Waals surface area contributed by atoms with Crippen LogP contribution in [0.15, 0.2) is 71.6 Å². The summed E-state index contributed by atoms with van der Waals surface area (Å²) in [5.74, 6) is 0.336. The van der Waals surface area contributed by atoms with Gasteiger partial charge in [0, 0.05) is 30.6 Å². The summed E-state index contributed by atoms with van der Waals surface area (Å²) in [5.41, 5.74) is 4.05. The molecular weight excluding hydrogens is 490 g/mol. The third-order valence-corrected chi connectivity index (χ3v) is 7.82. The van der Waals surface area contributed by atoms with Crippen LogP contribution in [-0.4, -0.2) is 51.2 Å². The number of aromatic nitrogens is 1. The highest BCUT2D eigenvalue weighted by molar-refractivity contribution is 7.90. The molecule has 4 aromatic rings. The van der Waals surface area contributed by atoms with E-state index in [4.69, 9.17) is 4.74 Å². The van der Waals surface area contributed by atoms with Crippen LogP contribution < -0.4 is 14.5 Å². The Labute approximate surface area is 215 Å². The number of rotatable bonds is 4. The minimum Gasteiger partial charge on any atom is -0.496 e. The molecule has 0 radical (unpaired) electrons. The lowest BCUT2D eigenvalue weighted by molar-refractivity contribution is -0.117. The number of ether oxygens (including phenoxy) is 1. The zero-order valence-corrected chi connectivity index (χ0v) is 21.8. The molecule has 0 unspecified atom stereocenters. The summed E-state index contributed by atoms with van der Waals surface area (Å²) in [6.45, 7) is 3.74. The number of carbonyl (C=O) groups is 2. The van der Waals surface area contributed by atoms with Crippen LogP contribution in [-0.2, 0) is 14.6 Å². The van der Waals surface area contributed by atoms with Gasteiger partial charge in [-0.05, 0) is 60.5 Å². The number of nitrogens with one attached hydrogen (secondary N) is 1. The second-order valence-corrected chi connectivity index (χ2v) is 11.3. The Kier molecular flexibility index (Phi) is 6.03. The summed E-state index contributed by atoms with van der Waals surface area (Å²) in [5, 5.41) is 0.809. The number of sulfone groups is 1. The fourth-order valence-electron chi connectivity index (χ4n) is 4.94. The first kappa shape index (κ1) is 24.6. The summed E-state index contributed by atoms with van der Waals surface area (Å²) in [6, 6.07) is 19.3. The van der Waals surface area contributed by atoms with E-state index in [0.29, 0.717) is 29.4 Å². The summed E-state index contributed by atoms with van der Waals surface area (Å²) in [7, 11) is -1.73. The maximum atomic E-state index is 13.8. The number of H-pyrrole nitrogens is 1. The van der Waals surface area contributed by atoms with Crippen molar-refractivity contribution in [1.29, 1.82) is 0 Å². The van der Waals surface area contributed by atoms with Gasteiger partial charge in [0.05, 0.1) is 29.4 Å². The molecule has 37 heavy (non-hydrogen) atoms. The van der Waals surface area contributed by atoms with Crippen molar-refractivity contribution in [3.8, 4) is 16.9 Å². The van der Waals surface area contributed by atoms with Crippen molar-refractivity contribution in [3.05, 3.63) is 72.4 Å². The van der Waals surface area contributed by atoms with Crippen molar-refractivity contribution in [2.75, 3.05) is 29.7 Å². The number of nitrogens with zero attached hydrogens (tertiary/aromatic N) is 2. The van der Waals surface area contributed by atoms with Gasteiger partial charge in [-0.1, -0.05) is 24.3 Å². The number of anilines is 2. The van der Waals surface area contributed by atoms with Gasteiger partial charge in [-0.3, -0.25) is 9.59 Å². The van der Waals surface area contributed by atoms with Crippen molar-refractivity contribution in [2.24, 2.45) is 0 Å². The molecule has 5 rings (SSSR count). The van der Waals surface area contributed by atoms with Crippen molar-refractivity contribution in [2.45, 2.75) is 24.8 Å². The molecule has 1 N–H and O–H groups in total. The summed E-state index contributed by atoms with van der Waals surface area (Å²) >= 11 is 0. The Hall–Kier alpha value is -4.11. The summed E-state index contributed by atoms with van der Waals surface area (Å²) in [4.78, 5) is 33.2. The Balaban J connectivity index is 1.61. The number of aromatic amines is 1.